The molecule has 3 unspecified atom stereocenters. The topological polar surface area (TPSA) is 58.6 Å². The Balaban J connectivity index is 2.80. The van der Waals surface area contributed by atoms with Crippen LogP contribution in [0.5, 0.6) is 5.75 Å². The second kappa shape index (κ2) is 7.29. The Bertz CT molecular complexity index is 457. The molecular formula is C16H25NO3. The number of carbonyl (C=O) groups excluding carboxylic acids is 1. The molecule has 0 aromatic heterocycles. The molecule has 1 aromatic carbocycles. The molecule has 0 saturated carbocycles. The highest BCUT2D eigenvalue weighted by Gasteiger charge is 2.18. The average molecular weight is 279 g/mol. The van der Waals surface area contributed by atoms with Gasteiger partial charge >= 0.3 is 0 Å². The van der Waals surface area contributed by atoms with Gasteiger partial charge in [0.25, 0.3) is 5.91 Å². The molecule has 0 spiro atoms. The third-order valence-electron chi connectivity index (χ3n) is 3.29. The molecule has 0 aliphatic carbocycles. The van der Waals surface area contributed by atoms with Crippen LogP contribution >= 0.6 is 0 Å². The van der Waals surface area contributed by atoms with Crippen LogP contribution in [0.2, 0.25) is 0 Å². The fraction of sp³-hybridized carbons (Fsp3) is 0.562. The van der Waals surface area contributed by atoms with Crippen molar-refractivity contribution in [1.82, 2.24) is 5.32 Å². The smallest absolute Gasteiger partial charge is 0.260 e. The van der Waals surface area contributed by atoms with Crippen molar-refractivity contribution in [2.24, 2.45) is 0 Å². The van der Waals surface area contributed by atoms with Gasteiger partial charge in [0.15, 0.2) is 6.10 Å². The van der Waals surface area contributed by atoms with Gasteiger partial charge in [0.05, 0.1) is 6.10 Å². The quantitative estimate of drug-likeness (QED) is 0.841. The molecule has 0 heterocycles. The van der Waals surface area contributed by atoms with E-state index in [9.17, 15) is 9.90 Å². The molecule has 4 nitrogen and oxygen atoms in total. The maximum Gasteiger partial charge on any atom is 0.260 e. The number of hydrogen-bond donors (Lipinski definition) is 2. The van der Waals surface area contributed by atoms with Crippen LogP contribution in [0.15, 0.2) is 18.2 Å². The zero-order chi connectivity index (χ0) is 15.3. The van der Waals surface area contributed by atoms with E-state index in [1.807, 2.05) is 32.9 Å². The highest BCUT2D eigenvalue weighted by molar-refractivity contribution is 5.81. The third-order valence-corrected chi connectivity index (χ3v) is 3.29. The first-order valence-corrected chi connectivity index (χ1v) is 7.10. The van der Waals surface area contributed by atoms with Gasteiger partial charge in [0.1, 0.15) is 5.75 Å². The van der Waals surface area contributed by atoms with Crippen LogP contribution in [-0.2, 0) is 4.79 Å². The van der Waals surface area contributed by atoms with Gasteiger partial charge in [-0.25, -0.2) is 0 Å². The van der Waals surface area contributed by atoms with Crippen molar-refractivity contribution in [3.05, 3.63) is 29.3 Å². The summed E-state index contributed by atoms with van der Waals surface area (Å²) >= 11 is 0. The minimum Gasteiger partial charge on any atom is -0.481 e. The van der Waals surface area contributed by atoms with Crippen LogP contribution in [0.3, 0.4) is 0 Å². The Morgan fingerprint density at radius 2 is 2.00 bits per heavy atom. The average Bonchev–Trinajstić information content (AvgIpc) is 2.40. The number of amides is 1. The number of nitrogens with one attached hydrogen (secondary N) is 1. The summed E-state index contributed by atoms with van der Waals surface area (Å²) in [4.78, 5) is 12.0. The highest BCUT2D eigenvalue weighted by atomic mass is 16.5. The van der Waals surface area contributed by atoms with Gasteiger partial charge in [-0.2, -0.15) is 0 Å². The molecule has 1 amide bonds. The Labute approximate surface area is 121 Å². The van der Waals surface area contributed by atoms with Gasteiger partial charge < -0.3 is 15.2 Å². The van der Waals surface area contributed by atoms with Gasteiger partial charge in [-0.05, 0) is 46.2 Å². The van der Waals surface area contributed by atoms with Crippen molar-refractivity contribution in [3.8, 4) is 5.75 Å². The fourth-order valence-corrected chi connectivity index (χ4v) is 1.81. The van der Waals surface area contributed by atoms with Crippen LogP contribution in [0, 0.1) is 6.92 Å². The van der Waals surface area contributed by atoms with Crippen LogP contribution in [0.1, 0.15) is 51.3 Å². The molecule has 4 heteroatoms. The summed E-state index contributed by atoms with van der Waals surface area (Å²) in [6.07, 6.45) is -0.346. The lowest BCUT2D eigenvalue weighted by Crippen LogP contribution is -2.41. The number of hydrogen-bond acceptors (Lipinski definition) is 3. The highest BCUT2D eigenvalue weighted by Crippen LogP contribution is 2.27. The molecule has 0 radical (unpaired) electrons. The first-order valence-electron chi connectivity index (χ1n) is 7.10. The molecule has 0 bridgehead atoms. The zero-order valence-corrected chi connectivity index (χ0v) is 12.9. The number of aryl methyl sites for hydroxylation is 1. The summed E-state index contributed by atoms with van der Waals surface area (Å²) in [6, 6.07) is 5.70. The summed E-state index contributed by atoms with van der Waals surface area (Å²) in [6.45, 7) is 9.32. The Morgan fingerprint density at radius 1 is 1.35 bits per heavy atom. The Kier molecular flexibility index (Phi) is 6.02. The molecule has 112 valence electrons. The van der Waals surface area contributed by atoms with E-state index < -0.39 is 12.2 Å². The van der Waals surface area contributed by atoms with Crippen molar-refractivity contribution in [2.45, 2.75) is 59.3 Å². The lowest BCUT2D eigenvalue weighted by Gasteiger charge is -2.20. The van der Waals surface area contributed by atoms with E-state index in [-0.39, 0.29) is 11.9 Å². The van der Waals surface area contributed by atoms with Crippen molar-refractivity contribution in [2.75, 3.05) is 0 Å². The Morgan fingerprint density at radius 3 is 2.55 bits per heavy atom. The Hall–Kier alpha value is -1.55. The van der Waals surface area contributed by atoms with E-state index in [2.05, 4.69) is 5.32 Å². The molecular weight excluding hydrogens is 254 g/mol. The van der Waals surface area contributed by atoms with Crippen molar-refractivity contribution in [1.29, 1.82) is 0 Å². The molecule has 0 aliphatic heterocycles. The summed E-state index contributed by atoms with van der Waals surface area (Å²) < 4.78 is 5.70. The summed E-state index contributed by atoms with van der Waals surface area (Å²) in [5.41, 5.74) is 1.75. The fourth-order valence-electron chi connectivity index (χ4n) is 1.81. The first-order chi connectivity index (χ1) is 9.35. The van der Waals surface area contributed by atoms with Crippen LogP contribution < -0.4 is 10.1 Å². The number of aliphatic hydroxyl groups is 1. The summed E-state index contributed by atoms with van der Waals surface area (Å²) in [7, 11) is 0. The van der Waals surface area contributed by atoms with Gasteiger partial charge in [-0.15, -0.1) is 0 Å². The van der Waals surface area contributed by atoms with E-state index >= 15 is 0 Å². The molecule has 0 aliphatic rings. The van der Waals surface area contributed by atoms with E-state index in [0.717, 1.165) is 12.0 Å². The normalized spacial score (nSPS) is 15.3. The van der Waals surface area contributed by atoms with E-state index in [1.54, 1.807) is 19.9 Å². The molecule has 2 N–H and O–H groups in total. The molecule has 0 fully saturated rings. The minimum absolute atomic E-state index is 0.128. The predicted octanol–water partition coefficient (Wildman–Crippen LogP) is 2.73. The number of benzene rings is 1. The maximum absolute atomic E-state index is 12.0. The maximum atomic E-state index is 12.0. The lowest BCUT2D eigenvalue weighted by atomic mass is 10.1. The van der Waals surface area contributed by atoms with Crippen LogP contribution in [0.4, 0.5) is 0 Å². The van der Waals surface area contributed by atoms with E-state index in [1.165, 1.54) is 0 Å². The van der Waals surface area contributed by atoms with E-state index in [4.69, 9.17) is 4.74 Å². The standard InChI is InChI=1S/C16H25NO3/c1-6-11(3)17-16(19)13(5)20-15-8-7-10(2)9-14(15)12(4)18/h7-9,11-13,18H,6H2,1-5H3,(H,17,19). The predicted molar refractivity (Wildman–Crippen MR) is 79.8 cm³/mol. The summed E-state index contributed by atoms with van der Waals surface area (Å²) in [5, 5.41) is 12.7. The SMILES string of the molecule is CCC(C)NC(=O)C(C)Oc1ccc(C)cc1C(C)O. The van der Waals surface area contributed by atoms with Crippen molar-refractivity contribution >= 4 is 5.91 Å². The third kappa shape index (κ3) is 4.53. The minimum atomic E-state index is -0.630. The zero-order valence-electron chi connectivity index (χ0n) is 12.9. The van der Waals surface area contributed by atoms with Gasteiger partial charge in [-0.1, -0.05) is 18.6 Å². The second-order valence-corrected chi connectivity index (χ2v) is 5.30. The molecule has 1 rings (SSSR count). The van der Waals surface area contributed by atoms with Crippen molar-refractivity contribution in [3.63, 3.8) is 0 Å². The van der Waals surface area contributed by atoms with E-state index in [0.29, 0.717) is 11.3 Å². The van der Waals surface area contributed by atoms with Gasteiger partial charge in [0, 0.05) is 11.6 Å². The number of ether oxygens (including phenoxy) is 1. The number of aliphatic hydroxyl groups excluding tert-OH is 1. The summed E-state index contributed by atoms with van der Waals surface area (Å²) in [5.74, 6) is 0.411. The lowest BCUT2D eigenvalue weighted by molar-refractivity contribution is -0.127. The number of rotatable bonds is 6. The number of carbonyl (C=O) groups is 1. The van der Waals surface area contributed by atoms with Gasteiger partial charge in [-0.3, -0.25) is 4.79 Å². The molecule has 0 saturated heterocycles. The largest absolute Gasteiger partial charge is 0.481 e. The van der Waals surface area contributed by atoms with Crippen molar-refractivity contribution < 1.29 is 14.6 Å². The first kappa shape index (κ1) is 16.5. The monoisotopic (exact) mass is 279 g/mol. The molecule has 20 heavy (non-hydrogen) atoms. The molecule has 1 aromatic rings. The second-order valence-electron chi connectivity index (χ2n) is 5.30. The molecule has 3 atom stereocenters. The van der Waals surface area contributed by atoms with Crippen LogP contribution in [0.25, 0.3) is 0 Å². The van der Waals surface area contributed by atoms with Crippen LogP contribution in [-0.4, -0.2) is 23.2 Å². The van der Waals surface area contributed by atoms with Gasteiger partial charge in [0.2, 0.25) is 0 Å².